The van der Waals surface area contributed by atoms with E-state index < -0.39 is 43.2 Å². The monoisotopic (exact) mass is 532 g/mol. The maximum absolute atomic E-state index is 13.8. The van der Waals surface area contributed by atoms with Gasteiger partial charge in [-0.3, -0.25) is 0 Å². The Morgan fingerprint density at radius 1 is 0.692 bits per heavy atom. The van der Waals surface area contributed by atoms with Gasteiger partial charge in [-0.2, -0.15) is 0 Å². The quantitative estimate of drug-likeness (QED) is 0.158. The van der Waals surface area contributed by atoms with Gasteiger partial charge in [0.05, 0.1) is 0 Å². The Morgan fingerprint density at radius 2 is 1.00 bits per heavy atom. The van der Waals surface area contributed by atoms with Crippen molar-refractivity contribution in [2.24, 2.45) is 0 Å². The Morgan fingerprint density at radius 3 is 1.23 bits per heavy atom. The number of hydrogen-bond donors (Lipinski definition) is 0. The normalized spacial score (nSPS) is 14.0. The van der Waals surface area contributed by atoms with Gasteiger partial charge in [0.15, 0.2) is 0 Å². The van der Waals surface area contributed by atoms with Gasteiger partial charge in [0.25, 0.3) is 0 Å². The molecule has 0 aromatic heterocycles. The van der Waals surface area contributed by atoms with Crippen molar-refractivity contribution in [1.82, 2.24) is 0 Å². The van der Waals surface area contributed by atoms with Gasteiger partial charge < -0.3 is 0 Å². The summed E-state index contributed by atoms with van der Waals surface area (Å²) in [4.78, 5) is 0. The van der Waals surface area contributed by atoms with Gasteiger partial charge in [-0.05, 0) is 0 Å². The molecular weight excluding hydrogens is 486 g/mol. The van der Waals surface area contributed by atoms with Crippen LogP contribution in [0.1, 0.15) is 59.3 Å². The van der Waals surface area contributed by atoms with Crippen LogP contribution in [-0.4, -0.2) is 35.4 Å². The van der Waals surface area contributed by atoms with Gasteiger partial charge in [0, 0.05) is 0 Å². The van der Waals surface area contributed by atoms with E-state index in [9.17, 15) is 4.57 Å². The molecule has 0 unspecified atom stereocenters. The summed E-state index contributed by atoms with van der Waals surface area (Å²) >= 11 is -3.07. The fourth-order valence-electron chi connectivity index (χ4n) is 2.97. The SMILES string of the molecule is CCC[CH2][Sn]([CH2]CCC)([CH2]CCC)[O]P(=O)(O[Si](C)(C)C)O[Si](C)(C)C. The summed E-state index contributed by atoms with van der Waals surface area (Å²) in [5, 5.41) is 0. The minimum absolute atomic E-state index is 1.14. The molecular formula is C18H45O4PSi2Sn. The van der Waals surface area contributed by atoms with Crippen molar-refractivity contribution in [2.75, 3.05) is 0 Å². The van der Waals surface area contributed by atoms with E-state index in [4.69, 9.17) is 11.3 Å². The molecule has 4 nitrogen and oxygen atoms in total. The molecule has 0 spiro atoms. The van der Waals surface area contributed by atoms with E-state index in [0.29, 0.717) is 0 Å². The van der Waals surface area contributed by atoms with Crippen LogP contribution in [0.2, 0.25) is 52.6 Å². The molecule has 0 aromatic carbocycles. The third kappa shape index (κ3) is 12.7. The van der Waals surface area contributed by atoms with E-state index >= 15 is 0 Å². The molecule has 0 aliphatic rings. The second-order valence-electron chi connectivity index (χ2n) is 9.44. The van der Waals surface area contributed by atoms with Crippen LogP contribution in [0.3, 0.4) is 0 Å². The zero-order chi connectivity index (χ0) is 20.5. The van der Waals surface area contributed by atoms with Gasteiger partial charge >= 0.3 is 171 Å². The molecule has 8 heteroatoms. The molecule has 0 fully saturated rings. The fourth-order valence-corrected chi connectivity index (χ4v) is 28.9. The maximum atomic E-state index is 13.8. The third-order valence-corrected chi connectivity index (χ3v) is 26.9. The fraction of sp³-hybridized carbons (Fsp3) is 1.00. The number of unbranched alkanes of at least 4 members (excludes halogenated alkanes) is 3. The summed E-state index contributed by atoms with van der Waals surface area (Å²) in [5.41, 5.74) is 0. The second kappa shape index (κ2) is 12.1. The molecule has 0 N–H and O–H groups in total. The molecule has 0 saturated heterocycles. The Balaban J connectivity index is 5.76. The Kier molecular flexibility index (Phi) is 12.8. The van der Waals surface area contributed by atoms with Crippen molar-refractivity contribution in [3.8, 4) is 0 Å². The zero-order valence-corrected chi connectivity index (χ0v) is 24.7. The zero-order valence-electron chi connectivity index (χ0n) is 18.9. The van der Waals surface area contributed by atoms with Crippen molar-refractivity contribution in [3.05, 3.63) is 0 Å². The van der Waals surface area contributed by atoms with Gasteiger partial charge in [-0.15, -0.1) is 0 Å². The van der Waals surface area contributed by atoms with Crippen molar-refractivity contribution in [2.45, 2.75) is 112 Å². The summed E-state index contributed by atoms with van der Waals surface area (Å²) in [7, 11) is -7.57. The van der Waals surface area contributed by atoms with Crippen molar-refractivity contribution in [3.63, 3.8) is 0 Å². The van der Waals surface area contributed by atoms with Crippen LogP contribution < -0.4 is 0 Å². The molecule has 158 valence electrons. The standard InChI is InChI=1S/C6H19O4PSi2.3C4H9.Sn/c1-12(2,3)9-11(7,8)10-13(4,5)6;3*1-3-4-2;/h1-6H3,(H,7,8);3*1,3-4H2,2H3;/q;;;;+1/p-1. The Bertz CT molecular complexity index is 394. The predicted octanol–water partition coefficient (Wildman–Crippen LogP) is 8.16. The first-order chi connectivity index (χ1) is 11.8. The average Bonchev–Trinajstić information content (AvgIpc) is 2.44. The minimum atomic E-state index is -3.49. The molecule has 0 atom stereocenters. The van der Waals surface area contributed by atoms with Crippen LogP contribution in [0.4, 0.5) is 0 Å². The molecule has 0 aliphatic carbocycles. The van der Waals surface area contributed by atoms with Gasteiger partial charge in [0.2, 0.25) is 0 Å². The Hall–Kier alpha value is 1.34. The molecule has 0 amide bonds. The molecule has 0 bridgehead atoms. The molecule has 26 heavy (non-hydrogen) atoms. The summed E-state index contributed by atoms with van der Waals surface area (Å²) < 4.78 is 36.2. The molecule has 0 heterocycles. The molecule has 0 saturated carbocycles. The number of rotatable bonds is 15. The average molecular weight is 531 g/mol. The van der Waals surface area contributed by atoms with E-state index in [2.05, 4.69) is 60.1 Å². The summed E-state index contributed by atoms with van der Waals surface area (Å²) in [5.74, 6) is 0. The molecule has 0 aliphatic heterocycles. The topological polar surface area (TPSA) is 44.8 Å². The van der Waals surface area contributed by atoms with Crippen molar-refractivity contribution < 1.29 is 15.9 Å². The predicted molar refractivity (Wildman–Crippen MR) is 122 cm³/mol. The van der Waals surface area contributed by atoms with Gasteiger partial charge in [-0.1, -0.05) is 0 Å². The van der Waals surface area contributed by atoms with Crippen LogP contribution >= 0.6 is 7.82 Å². The van der Waals surface area contributed by atoms with Crippen molar-refractivity contribution >= 4 is 43.2 Å². The van der Waals surface area contributed by atoms with Crippen LogP contribution in [0.5, 0.6) is 0 Å². The van der Waals surface area contributed by atoms with E-state index in [1.165, 1.54) is 19.3 Å². The first-order valence-electron chi connectivity index (χ1n) is 10.5. The molecule has 0 aromatic rings. The second-order valence-corrected chi connectivity index (χ2v) is 33.0. The Labute approximate surface area is 170 Å². The van der Waals surface area contributed by atoms with Crippen LogP contribution in [0.25, 0.3) is 0 Å². The molecule has 0 rings (SSSR count). The van der Waals surface area contributed by atoms with E-state index in [-0.39, 0.29) is 0 Å². The first kappa shape index (κ1) is 27.3. The van der Waals surface area contributed by atoms with Gasteiger partial charge in [0.1, 0.15) is 0 Å². The summed E-state index contributed by atoms with van der Waals surface area (Å²) in [6.07, 6.45) is 6.99. The number of phosphoric acid groups is 1. The number of hydrogen-bond acceptors (Lipinski definition) is 4. The van der Waals surface area contributed by atoms with E-state index in [1.54, 1.807) is 0 Å². The van der Waals surface area contributed by atoms with Crippen molar-refractivity contribution in [1.29, 1.82) is 0 Å². The third-order valence-electron chi connectivity index (χ3n) is 4.03. The summed E-state index contributed by atoms with van der Waals surface area (Å²) in [6, 6.07) is 0. The van der Waals surface area contributed by atoms with E-state index in [1.807, 2.05) is 0 Å². The van der Waals surface area contributed by atoms with Gasteiger partial charge in [-0.25, -0.2) is 0 Å². The van der Waals surface area contributed by atoms with Crippen LogP contribution in [-0.2, 0) is 15.9 Å². The first-order valence-corrected chi connectivity index (χ1v) is 26.0. The van der Waals surface area contributed by atoms with E-state index in [0.717, 1.165) is 32.6 Å². The van der Waals surface area contributed by atoms with Crippen LogP contribution in [0.15, 0.2) is 0 Å². The summed E-state index contributed by atoms with van der Waals surface area (Å²) in [6.45, 7) is 19.1. The molecule has 0 radical (unpaired) electrons. The van der Waals surface area contributed by atoms with Crippen LogP contribution in [0, 0.1) is 0 Å².